The van der Waals surface area contributed by atoms with Crippen molar-refractivity contribution in [3.8, 4) is 17.2 Å². The van der Waals surface area contributed by atoms with E-state index in [0.29, 0.717) is 6.61 Å². The lowest BCUT2D eigenvalue weighted by molar-refractivity contribution is 0.107. The van der Waals surface area contributed by atoms with Crippen molar-refractivity contribution in [1.82, 2.24) is 19.7 Å². The van der Waals surface area contributed by atoms with Crippen LogP contribution in [0.15, 0.2) is 72.1 Å². The van der Waals surface area contributed by atoms with Crippen molar-refractivity contribution in [2.45, 2.75) is 11.1 Å². The Morgan fingerprint density at radius 1 is 1.00 bits per heavy atom. The van der Waals surface area contributed by atoms with Crippen molar-refractivity contribution < 1.29 is 9.47 Å². The third kappa shape index (κ3) is 3.10. The van der Waals surface area contributed by atoms with Crippen LogP contribution in [0.3, 0.4) is 0 Å². The lowest BCUT2D eigenvalue weighted by atomic mass is 10.3. The first-order chi connectivity index (χ1) is 13.4. The summed E-state index contributed by atoms with van der Waals surface area (Å²) >= 11 is 1.63. The van der Waals surface area contributed by atoms with Gasteiger partial charge in [-0.1, -0.05) is 30.3 Å². The number of nitrogens with zero attached hydrogens (tertiary/aromatic N) is 4. The fourth-order valence-corrected chi connectivity index (χ4v) is 3.94. The monoisotopic (exact) mass is 376 g/mol. The summed E-state index contributed by atoms with van der Waals surface area (Å²) in [5, 5.41) is 6.32. The first-order valence-electron chi connectivity index (χ1n) is 8.64. The molecule has 0 spiro atoms. The van der Waals surface area contributed by atoms with Crippen molar-refractivity contribution in [3.05, 3.63) is 67.1 Å². The van der Waals surface area contributed by atoms with Gasteiger partial charge in [-0.05, 0) is 24.3 Å². The molecule has 2 aromatic carbocycles. The van der Waals surface area contributed by atoms with Crippen molar-refractivity contribution in [3.63, 3.8) is 0 Å². The molecule has 0 bridgehead atoms. The molecule has 1 aliphatic rings. The van der Waals surface area contributed by atoms with Gasteiger partial charge in [-0.3, -0.25) is 0 Å². The van der Waals surface area contributed by atoms with Crippen LogP contribution in [0.4, 0.5) is 0 Å². The summed E-state index contributed by atoms with van der Waals surface area (Å²) in [6, 6.07) is 17.7. The predicted molar refractivity (Wildman–Crippen MR) is 104 cm³/mol. The molecule has 7 heteroatoms. The van der Waals surface area contributed by atoms with Crippen LogP contribution < -0.4 is 9.47 Å². The number of para-hydroxylation sites is 3. The first-order valence-corrected chi connectivity index (χ1v) is 9.62. The normalized spacial score (nSPS) is 15.8. The summed E-state index contributed by atoms with van der Waals surface area (Å²) in [6.07, 6.45) is 3.37. The topological polar surface area (TPSA) is 62.1 Å². The minimum atomic E-state index is -0.0286. The maximum Gasteiger partial charge on any atom is 0.167 e. The molecule has 0 N–H and O–H groups in total. The summed E-state index contributed by atoms with van der Waals surface area (Å²) in [5.41, 5.74) is 1.77. The molecule has 0 saturated carbocycles. The lowest BCUT2D eigenvalue weighted by Crippen LogP contribution is -2.31. The van der Waals surface area contributed by atoms with Gasteiger partial charge in [0.1, 0.15) is 24.1 Å². The van der Waals surface area contributed by atoms with Gasteiger partial charge in [-0.25, -0.2) is 14.6 Å². The van der Waals surface area contributed by atoms with Gasteiger partial charge in [0.2, 0.25) is 0 Å². The zero-order valence-corrected chi connectivity index (χ0v) is 15.2. The van der Waals surface area contributed by atoms with E-state index in [1.165, 1.54) is 0 Å². The highest BCUT2D eigenvalue weighted by Crippen LogP contribution is 2.33. The van der Waals surface area contributed by atoms with Gasteiger partial charge in [0.25, 0.3) is 0 Å². The smallest absolute Gasteiger partial charge is 0.167 e. The summed E-state index contributed by atoms with van der Waals surface area (Å²) in [4.78, 5) is 8.87. The summed E-state index contributed by atoms with van der Waals surface area (Å²) in [6.45, 7) is 0.529. The van der Waals surface area contributed by atoms with Gasteiger partial charge in [0.15, 0.2) is 17.1 Å². The molecule has 27 heavy (non-hydrogen) atoms. The number of rotatable bonds is 4. The van der Waals surface area contributed by atoms with Crippen LogP contribution in [0.1, 0.15) is 0 Å². The maximum absolute atomic E-state index is 6.03. The van der Waals surface area contributed by atoms with Crippen LogP contribution in [0, 0.1) is 0 Å². The fourth-order valence-electron chi connectivity index (χ4n) is 3.01. The van der Waals surface area contributed by atoms with E-state index >= 15 is 0 Å². The molecule has 0 fully saturated rings. The van der Waals surface area contributed by atoms with Crippen LogP contribution in [0.5, 0.6) is 11.5 Å². The fraction of sp³-hybridized carbons (Fsp3) is 0.150. The number of fused-ring (bicyclic) bond motifs is 2. The van der Waals surface area contributed by atoms with Gasteiger partial charge in [0, 0.05) is 5.75 Å². The lowest BCUT2D eigenvalue weighted by Gasteiger charge is -2.26. The molecule has 5 rings (SSSR count). The Balaban J connectivity index is 1.36. The first kappa shape index (κ1) is 16.1. The Morgan fingerprint density at radius 2 is 1.81 bits per heavy atom. The van der Waals surface area contributed by atoms with Crippen LogP contribution in [0.2, 0.25) is 0 Å². The quantitative estimate of drug-likeness (QED) is 0.399. The molecule has 0 amide bonds. The molecular weight excluding hydrogens is 360 g/mol. The number of thioether (sulfide) groups is 1. The zero-order valence-electron chi connectivity index (χ0n) is 14.4. The average molecular weight is 376 g/mol. The highest BCUT2D eigenvalue weighted by Gasteiger charge is 2.21. The number of aromatic nitrogens is 4. The highest BCUT2D eigenvalue weighted by molar-refractivity contribution is 7.99. The molecule has 4 aromatic rings. The number of benzene rings is 2. The number of hydrogen-bond donors (Lipinski definition) is 0. The number of hydrogen-bond acceptors (Lipinski definition) is 6. The highest BCUT2D eigenvalue weighted by atomic mass is 32.2. The second kappa shape index (κ2) is 6.92. The van der Waals surface area contributed by atoms with E-state index in [-0.39, 0.29) is 6.10 Å². The van der Waals surface area contributed by atoms with Crippen LogP contribution in [-0.4, -0.2) is 38.2 Å². The van der Waals surface area contributed by atoms with Crippen LogP contribution >= 0.6 is 11.8 Å². The Hall–Kier alpha value is -3.06. The van der Waals surface area contributed by atoms with Gasteiger partial charge in [-0.15, -0.1) is 11.8 Å². The van der Waals surface area contributed by atoms with E-state index in [4.69, 9.17) is 9.47 Å². The molecule has 0 saturated heterocycles. The molecule has 6 nitrogen and oxygen atoms in total. The molecule has 0 radical (unpaired) electrons. The standard InChI is InChI=1S/C20H16N4O2S/c1-2-6-14(7-3-1)24-19-16(10-23-24)20(22-13-21-19)27-12-15-11-25-17-8-4-5-9-18(17)26-15/h1-10,13,15H,11-12H2. The second-order valence-corrected chi connectivity index (χ2v) is 7.13. The van der Waals surface area contributed by atoms with E-state index < -0.39 is 0 Å². The molecule has 3 heterocycles. The van der Waals surface area contributed by atoms with E-state index in [1.54, 1.807) is 18.1 Å². The Kier molecular flexibility index (Phi) is 4.14. The molecule has 1 unspecified atom stereocenters. The molecule has 134 valence electrons. The summed E-state index contributed by atoms with van der Waals surface area (Å²) < 4.78 is 13.6. The Bertz CT molecular complexity index is 1080. The SMILES string of the molecule is c1ccc(-n2ncc3c(SCC4COc5ccccc5O4)ncnc32)cc1. The largest absolute Gasteiger partial charge is 0.486 e. The third-order valence-corrected chi connectivity index (χ3v) is 5.44. The molecule has 2 aromatic heterocycles. The Morgan fingerprint density at radius 3 is 2.70 bits per heavy atom. The maximum atomic E-state index is 6.03. The van der Waals surface area contributed by atoms with E-state index in [2.05, 4.69) is 15.1 Å². The zero-order chi connectivity index (χ0) is 18.1. The van der Waals surface area contributed by atoms with E-state index in [0.717, 1.165) is 39.0 Å². The van der Waals surface area contributed by atoms with Crippen molar-refractivity contribution >= 4 is 22.8 Å². The molecule has 1 atom stereocenters. The Labute approximate surface area is 160 Å². The van der Waals surface area contributed by atoms with E-state index in [1.807, 2.05) is 65.5 Å². The van der Waals surface area contributed by atoms with Gasteiger partial charge >= 0.3 is 0 Å². The van der Waals surface area contributed by atoms with Crippen molar-refractivity contribution in [2.24, 2.45) is 0 Å². The minimum absolute atomic E-state index is 0.0286. The number of ether oxygens (including phenoxy) is 2. The van der Waals surface area contributed by atoms with E-state index in [9.17, 15) is 0 Å². The summed E-state index contributed by atoms with van der Waals surface area (Å²) in [5.74, 6) is 2.32. The van der Waals surface area contributed by atoms with Gasteiger partial charge in [0.05, 0.1) is 17.3 Å². The summed E-state index contributed by atoms with van der Waals surface area (Å²) in [7, 11) is 0. The third-order valence-electron chi connectivity index (χ3n) is 4.30. The second-order valence-electron chi connectivity index (χ2n) is 6.12. The van der Waals surface area contributed by atoms with Gasteiger partial charge < -0.3 is 9.47 Å². The average Bonchev–Trinajstić information content (AvgIpc) is 3.17. The van der Waals surface area contributed by atoms with Crippen molar-refractivity contribution in [1.29, 1.82) is 0 Å². The van der Waals surface area contributed by atoms with Crippen LogP contribution in [0.25, 0.3) is 16.7 Å². The van der Waals surface area contributed by atoms with Crippen LogP contribution in [-0.2, 0) is 0 Å². The molecule has 1 aliphatic heterocycles. The molecular formula is C20H16N4O2S. The van der Waals surface area contributed by atoms with Crippen molar-refractivity contribution in [2.75, 3.05) is 12.4 Å². The minimum Gasteiger partial charge on any atom is -0.486 e. The molecule has 0 aliphatic carbocycles. The van der Waals surface area contributed by atoms with Gasteiger partial charge in [-0.2, -0.15) is 5.10 Å². The predicted octanol–water partition coefficient (Wildman–Crippen LogP) is 3.75.